The van der Waals surface area contributed by atoms with Crippen LogP contribution in [0.25, 0.3) is 0 Å². The van der Waals surface area contributed by atoms with Gasteiger partial charge in [-0.3, -0.25) is 0 Å². The number of hydrogen-bond acceptors (Lipinski definition) is 1. The van der Waals surface area contributed by atoms with Gasteiger partial charge in [0.15, 0.2) is 5.50 Å². The molecule has 1 rings (SSSR count). The van der Waals surface area contributed by atoms with Gasteiger partial charge in [-0.05, 0) is 19.1 Å². The van der Waals surface area contributed by atoms with Crippen molar-refractivity contribution in [1.82, 2.24) is 0 Å². The second-order valence-corrected chi connectivity index (χ2v) is 5.74. The molecule has 3 nitrogen and oxygen atoms in total. The minimum atomic E-state index is -5.29. The Morgan fingerprint density at radius 1 is 1.31 bits per heavy atom. The second-order valence-electron chi connectivity index (χ2n) is 2.78. The van der Waals surface area contributed by atoms with Gasteiger partial charge in [-0.25, -0.2) is 8.60 Å². The summed E-state index contributed by atoms with van der Waals surface area (Å²) < 4.78 is 42.7. The summed E-state index contributed by atoms with van der Waals surface area (Å²) in [6.45, 7) is 0.849. The van der Waals surface area contributed by atoms with E-state index < -0.39 is 15.1 Å². The van der Waals surface area contributed by atoms with Crippen LogP contribution in [0.5, 0.6) is 0 Å². The van der Waals surface area contributed by atoms with E-state index in [9.17, 15) is 17.7 Å². The molecule has 0 amide bonds. The Balaban J connectivity index is 3.30. The van der Waals surface area contributed by atoms with Gasteiger partial charge in [0.05, 0.1) is 4.90 Å². The highest BCUT2D eigenvalue weighted by molar-refractivity contribution is 8.10. The summed E-state index contributed by atoms with van der Waals surface area (Å²) in [5.41, 5.74) is -2.21. The van der Waals surface area contributed by atoms with Gasteiger partial charge in [0.25, 0.3) is 0 Å². The number of hydrogen-bond donors (Lipinski definition) is 2. The molecule has 1 unspecified atom stereocenters. The molecule has 0 saturated carbocycles. The van der Waals surface area contributed by atoms with Crippen molar-refractivity contribution >= 4 is 9.63 Å². The molecule has 0 spiro atoms. The second kappa shape index (κ2) is 2.87. The molecule has 0 saturated heterocycles. The average Bonchev–Trinajstić information content (AvgIpc) is 2.05. The Morgan fingerprint density at radius 2 is 1.77 bits per heavy atom. The molecule has 1 aromatic rings. The zero-order valence-electron chi connectivity index (χ0n) is 7.05. The van der Waals surface area contributed by atoms with Crippen molar-refractivity contribution in [3.63, 3.8) is 0 Å². The van der Waals surface area contributed by atoms with Crippen LogP contribution in [0, 0.1) is 0 Å². The molecule has 0 aliphatic carbocycles. The smallest absolute Gasteiger partial charge is 0.198 e. The summed E-state index contributed by atoms with van der Waals surface area (Å²) in [5, 5.41) is 0. The first-order valence-electron chi connectivity index (χ1n) is 3.68. The lowest BCUT2D eigenvalue weighted by molar-refractivity contribution is 0.320. The van der Waals surface area contributed by atoms with E-state index in [-0.39, 0.29) is 4.90 Å². The molecule has 0 aliphatic rings. The molecule has 1 aromatic carbocycles. The Morgan fingerprint density at radius 3 is 2.15 bits per heavy atom. The van der Waals surface area contributed by atoms with Crippen molar-refractivity contribution in [3.8, 4) is 0 Å². The van der Waals surface area contributed by atoms with E-state index in [2.05, 4.69) is 0 Å². The summed E-state index contributed by atoms with van der Waals surface area (Å²) in [6, 6.07) is 6.95. The molecule has 74 valence electrons. The van der Waals surface area contributed by atoms with E-state index in [1.807, 2.05) is 0 Å². The molecule has 0 fully saturated rings. The minimum absolute atomic E-state index is 0.297. The third kappa shape index (κ3) is 1.77. The standard InChI is InChI=1S/C8H11FO3S/c1-7(9)13(10,11,12)8-5-3-2-4-6-8/h2-7H,1H3,(H2,10,11,12). The van der Waals surface area contributed by atoms with Crippen LogP contribution in [0.2, 0.25) is 0 Å². The number of alkyl halides is 1. The molecule has 0 aromatic heterocycles. The zero-order valence-corrected chi connectivity index (χ0v) is 7.87. The highest BCUT2D eigenvalue weighted by Crippen LogP contribution is 2.33. The maximum absolute atomic E-state index is 12.8. The Kier molecular flexibility index (Phi) is 2.27. The largest absolute Gasteiger partial charge is 0.302 e. The third-order valence-corrected chi connectivity index (χ3v) is 4.10. The van der Waals surface area contributed by atoms with Crippen molar-refractivity contribution in [2.24, 2.45) is 0 Å². The van der Waals surface area contributed by atoms with E-state index in [4.69, 9.17) is 0 Å². The van der Waals surface area contributed by atoms with E-state index in [1.54, 1.807) is 6.07 Å². The highest BCUT2D eigenvalue weighted by Gasteiger charge is 2.39. The average molecular weight is 206 g/mol. The SMILES string of the molecule is CC(F)S(=O)(O)(O)c1ccccc1. The molecular formula is C8H11FO3S. The first-order chi connectivity index (χ1) is 5.83. The zero-order chi connectivity index (χ0) is 10.1. The van der Waals surface area contributed by atoms with Crippen LogP contribution in [0.15, 0.2) is 35.2 Å². The van der Waals surface area contributed by atoms with Crippen molar-refractivity contribution in [2.75, 3.05) is 0 Å². The Hall–Kier alpha value is -0.780. The fraction of sp³-hybridized carbons (Fsp3) is 0.250. The Labute approximate surface area is 75.6 Å². The van der Waals surface area contributed by atoms with Crippen molar-refractivity contribution in [3.05, 3.63) is 30.3 Å². The van der Waals surface area contributed by atoms with Gasteiger partial charge < -0.3 is 9.11 Å². The first-order valence-corrected chi connectivity index (χ1v) is 5.62. The van der Waals surface area contributed by atoms with Crippen LogP contribution >= 0.6 is 0 Å². The maximum atomic E-state index is 12.8. The molecule has 0 radical (unpaired) electrons. The van der Waals surface area contributed by atoms with Gasteiger partial charge in [0.2, 0.25) is 0 Å². The molecular weight excluding hydrogens is 195 g/mol. The molecule has 5 heteroatoms. The minimum Gasteiger partial charge on any atom is -0.302 e. The van der Waals surface area contributed by atoms with Gasteiger partial charge in [-0.2, -0.15) is 0 Å². The normalized spacial score (nSPS) is 17.4. The summed E-state index contributed by atoms with van der Waals surface area (Å²) in [4.78, 5) is -0.297. The molecule has 2 N–H and O–H groups in total. The predicted octanol–water partition coefficient (Wildman–Crippen LogP) is 2.13. The fourth-order valence-corrected chi connectivity index (χ4v) is 1.91. The van der Waals surface area contributed by atoms with Crippen molar-refractivity contribution in [2.45, 2.75) is 17.3 Å². The van der Waals surface area contributed by atoms with Crippen LogP contribution in [-0.4, -0.2) is 18.8 Å². The van der Waals surface area contributed by atoms with E-state index in [1.165, 1.54) is 24.3 Å². The lowest BCUT2D eigenvalue weighted by Gasteiger charge is -2.31. The van der Waals surface area contributed by atoms with Gasteiger partial charge >= 0.3 is 0 Å². The Bertz CT molecular complexity index is 355. The summed E-state index contributed by atoms with van der Waals surface area (Å²) in [6.07, 6.45) is 0. The molecule has 1 atom stereocenters. The van der Waals surface area contributed by atoms with E-state index >= 15 is 0 Å². The number of halogens is 1. The van der Waals surface area contributed by atoms with Crippen LogP contribution in [0.1, 0.15) is 6.92 Å². The summed E-state index contributed by atoms with van der Waals surface area (Å²) in [7, 11) is -5.29. The molecule has 13 heavy (non-hydrogen) atoms. The van der Waals surface area contributed by atoms with Gasteiger partial charge in [-0.1, -0.05) is 18.2 Å². The summed E-state index contributed by atoms with van der Waals surface area (Å²) >= 11 is 0. The predicted molar refractivity (Wildman–Crippen MR) is 48.7 cm³/mol. The monoisotopic (exact) mass is 206 g/mol. The molecule has 0 heterocycles. The quantitative estimate of drug-likeness (QED) is 0.779. The number of benzene rings is 1. The van der Waals surface area contributed by atoms with Crippen LogP contribution in [-0.2, 0) is 9.63 Å². The number of rotatable bonds is 2. The van der Waals surface area contributed by atoms with Crippen molar-refractivity contribution in [1.29, 1.82) is 0 Å². The highest BCUT2D eigenvalue weighted by atomic mass is 32.3. The molecule has 0 bridgehead atoms. The lowest BCUT2D eigenvalue weighted by atomic mass is 10.4. The van der Waals surface area contributed by atoms with Crippen molar-refractivity contribution < 1.29 is 17.7 Å². The third-order valence-electron chi connectivity index (χ3n) is 1.77. The topological polar surface area (TPSA) is 57.5 Å². The molecule has 0 aliphatic heterocycles. The van der Waals surface area contributed by atoms with Crippen LogP contribution < -0.4 is 0 Å². The fourth-order valence-electron chi connectivity index (χ4n) is 0.864. The first kappa shape index (κ1) is 10.3. The summed E-state index contributed by atoms with van der Waals surface area (Å²) in [5.74, 6) is 0. The van der Waals surface area contributed by atoms with Gasteiger partial charge in [-0.15, -0.1) is 0 Å². The van der Waals surface area contributed by atoms with Crippen LogP contribution in [0.4, 0.5) is 4.39 Å². The van der Waals surface area contributed by atoms with Gasteiger partial charge in [0, 0.05) is 0 Å². The van der Waals surface area contributed by atoms with Gasteiger partial charge in [0.1, 0.15) is 9.63 Å². The van der Waals surface area contributed by atoms with E-state index in [0.717, 1.165) is 6.92 Å². The van der Waals surface area contributed by atoms with E-state index in [0.29, 0.717) is 0 Å². The lowest BCUT2D eigenvalue weighted by Crippen LogP contribution is -2.39. The van der Waals surface area contributed by atoms with Crippen LogP contribution in [0.3, 0.4) is 0 Å². The maximum Gasteiger partial charge on any atom is 0.198 e.